The molecule has 0 radical (unpaired) electrons. The van der Waals surface area contributed by atoms with E-state index >= 15 is 0 Å². The lowest BCUT2D eigenvalue weighted by Gasteiger charge is -2.25. The van der Waals surface area contributed by atoms with E-state index in [1.807, 2.05) is 24.3 Å². The number of carbonyl (C=O) groups is 2. The zero-order valence-corrected chi connectivity index (χ0v) is 15.1. The summed E-state index contributed by atoms with van der Waals surface area (Å²) >= 11 is 1.04. The lowest BCUT2D eigenvalue weighted by molar-refractivity contribution is -0.123. The van der Waals surface area contributed by atoms with E-state index < -0.39 is 0 Å². The number of benzene rings is 1. The third kappa shape index (κ3) is 4.54. The van der Waals surface area contributed by atoms with Gasteiger partial charge in [0.2, 0.25) is 0 Å². The smallest absolute Gasteiger partial charge is 0.293 e. The Morgan fingerprint density at radius 1 is 1.16 bits per heavy atom. The van der Waals surface area contributed by atoms with E-state index in [1.165, 1.54) is 24.2 Å². The fraction of sp³-hybridized carbons (Fsp3) is 0.400. The van der Waals surface area contributed by atoms with Crippen molar-refractivity contribution < 1.29 is 14.3 Å². The number of rotatable bonds is 6. The first-order valence-corrected chi connectivity index (χ1v) is 9.58. The normalized spacial score (nSPS) is 20.3. The highest BCUT2D eigenvalue weighted by Crippen LogP contribution is 2.34. The van der Waals surface area contributed by atoms with Crippen molar-refractivity contribution >= 4 is 29.0 Å². The predicted molar refractivity (Wildman–Crippen MR) is 101 cm³/mol. The SMILES string of the molecule is C=CCOc1ccc(/C=C2/SC(=O)N(CC3CCCCC3)C2=O)cc1. The highest BCUT2D eigenvalue weighted by atomic mass is 32.2. The zero-order chi connectivity index (χ0) is 17.6. The van der Waals surface area contributed by atoms with Crippen molar-refractivity contribution in [1.29, 1.82) is 0 Å². The van der Waals surface area contributed by atoms with Crippen LogP contribution in [0.4, 0.5) is 4.79 Å². The summed E-state index contributed by atoms with van der Waals surface area (Å²) in [4.78, 5) is 26.7. The molecule has 3 rings (SSSR count). The Morgan fingerprint density at radius 2 is 1.88 bits per heavy atom. The molecular formula is C20H23NO3S. The Balaban J connectivity index is 1.66. The second-order valence-corrected chi connectivity index (χ2v) is 7.46. The highest BCUT2D eigenvalue weighted by molar-refractivity contribution is 8.18. The zero-order valence-electron chi connectivity index (χ0n) is 14.3. The van der Waals surface area contributed by atoms with Gasteiger partial charge in [-0.25, -0.2) is 0 Å². The lowest BCUT2D eigenvalue weighted by atomic mass is 9.89. The summed E-state index contributed by atoms with van der Waals surface area (Å²) in [5.41, 5.74) is 0.883. The quantitative estimate of drug-likeness (QED) is 0.538. The summed E-state index contributed by atoms with van der Waals surface area (Å²) in [6.45, 7) is 4.64. The van der Waals surface area contributed by atoms with Crippen LogP contribution in [-0.2, 0) is 4.79 Å². The number of ether oxygens (including phenoxy) is 1. The number of thioether (sulfide) groups is 1. The fourth-order valence-corrected chi connectivity index (χ4v) is 4.10. The first kappa shape index (κ1) is 17.8. The largest absolute Gasteiger partial charge is 0.490 e. The van der Waals surface area contributed by atoms with E-state index in [0.29, 0.717) is 24.0 Å². The van der Waals surface area contributed by atoms with Crippen LogP contribution in [0, 0.1) is 5.92 Å². The van der Waals surface area contributed by atoms with Crippen LogP contribution in [0.3, 0.4) is 0 Å². The van der Waals surface area contributed by atoms with E-state index in [-0.39, 0.29) is 11.1 Å². The molecule has 1 aromatic rings. The van der Waals surface area contributed by atoms with Crippen LogP contribution in [0.15, 0.2) is 41.8 Å². The first-order valence-electron chi connectivity index (χ1n) is 8.76. The van der Waals surface area contributed by atoms with E-state index in [1.54, 1.807) is 12.2 Å². The highest BCUT2D eigenvalue weighted by Gasteiger charge is 2.36. The fourth-order valence-electron chi connectivity index (χ4n) is 3.25. The summed E-state index contributed by atoms with van der Waals surface area (Å²) in [7, 11) is 0. The van der Waals surface area contributed by atoms with E-state index in [4.69, 9.17) is 4.74 Å². The molecule has 1 aliphatic heterocycles. The molecule has 0 atom stereocenters. The molecule has 4 nitrogen and oxygen atoms in total. The number of hydrogen-bond acceptors (Lipinski definition) is 4. The van der Waals surface area contributed by atoms with Gasteiger partial charge in [-0.05, 0) is 54.3 Å². The van der Waals surface area contributed by atoms with Gasteiger partial charge in [0.05, 0.1) is 4.91 Å². The van der Waals surface area contributed by atoms with Crippen LogP contribution < -0.4 is 4.74 Å². The maximum atomic E-state index is 12.6. The molecule has 0 spiro atoms. The summed E-state index contributed by atoms with van der Waals surface area (Å²) in [5.74, 6) is 1.05. The number of carbonyl (C=O) groups excluding carboxylic acids is 2. The lowest BCUT2D eigenvalue weighted by Crippen LogP contribution is -2.34. The molecule has 1 heterocycles. The average molecular weight is 357 g/mol. The Kier molecular flexibility index (Phi) is 5.97. The van der Waals surface area contributed by atoms with Crippen molar-refractivity contribution in [3.8, 4) is 5.75 Å². The second-order valence-electron chi connectivity index (χ2n) is 6.47. The molecule has 25 heavy (non-hydrogen) atoms. The Labute approximate surface area is 152 Å². The number of hydrogen-bond donors (Lipinski definition) is 0. The molecular weight excluding hydrogens is 334 g/mol. The molecule has 0 unspecified atom stereocenters. The molecule has 0 aromatic heterocycles. The monoisotopic (exact) mass is 357 g/mol. The van der Waals surface area contributed by atoms with Crippen molar-refractivity contribution in [1.82, 2.24) is 4.90 Å². The van der Waals surface area contributed by atoms with Gasteiger partial charge in [-0.1, -0.05) is 44.1 Å². The van der Waals surface area contributed by atoms with Gasteiger partial charge < -0.3 is 4.74 Å². The third-order valence-corrected chi connectivity index (χ3v) is 5.49. The Bertz CT molecular complexity index is 675. The van der Waals surface area contributed by atoms with Crippen molar-refractivity contribution in [2.75, 3.05) is 13.2 Å². The van der Waals surface area contributed by atoms with Crippen molar-refractivity contribution in [2.45, 2.75) is 32.1 Å². The molecule has 0 bridgehead atoms. The van der Waals surface area contributed by atoms with Crippen molar-refractivity contribution in [2.24, 2.45) is 5.92 Å². The van der Waals surface area contributed by atoms with Crippen LogP contribution in [0.25, 0.3) is 6.08 Å². The van der Waals surface area contributed by atoms with Gasteiger partial charge in [-0.3, -0.25) is 14.5 Å². The summed E-state index contributed by atoms with van der Waals surface area (Å²) < 4.78 is 5.45. The molecule has 132 valence electrons. The van der Waals surface area contributed by atoms with Crippen molar-refractivity contribution in [3.63, 3.8) is 0 Å². The molecule has 1 saturated heterocycles. The van der Waals surface area contributed by atoms with Crippen LogP contribution in [0.5, 0.6) is 5.75 Å². The third-order valence-electron chi connectivity index (χ3n) is 4.58. The van der Waals surface area contributed by atoms with E-state index in [9.17, 15) is 9.59 Å². The molecule has 2 amide bonds. The maximum absolute atomic E-state index is 12.6. The minimum absolute atomic E-state index is 0.146. The van der Waals surface area contributed by atoms with E-state index in [2.05, 4.69) is 6.58 Å². The summed E-state index contributed by atoms with van der Waals surface area (Å²) in [5, 5.41) is -0.146. The molecule has 0 N–H and O–H groups in total. The van der Waals surface area contributed by atoms with Gasteiger partial charge in [-0.2, -0.15) is 0 Å². The van der Waals surface area contributed by atoms with Gasteiger partial charge in [0.25, 0.3) is 11.1 Å². The number of imide groups is 1. The van der Waals surface area contributed by atoms with Gasteiger partial charge in [0.1, 0.15) is 12.4 Å². The van der Waals surface area contributed by atoms with Crippen LogP contribution in [0.1, 0.15) is 37.7 Å². The predicted octanol–water partition coefficient (Wildman–Crippen LogP) is 4.87. The van der Waals surface area contributed by atoms with Crippen LogP contribution in [0.2, 0.25) is 0 Å². The summed E-state index contributed by atoms with van der Waals surface area (Å²) in [6.07, 6.45) is 9.39. The molecule has 5 heteroatoms. The minimum atomic E-state index is -0.160. The molecule has 2 aliphatic rings. The maximum Gasteiger partial charge on any atom is 0.293 e. The van der Waals surface area contributed by atoms with Gasteiger partial charge in [0, 0.05) is 6.54 Å². The molecule has 1 aromatic carbocycles. The van der Waals surface area contributed by atoms with Gasteiger partial charge in [-0.15, -0.1) is 0 Å². The second kappa shape index (κ2) is 8.39. The van der Waals surface area contributed by atoms with Gasteiger partial charge >= 0.3 is 0 Å². The molecule has 1 saturated carbocycles. The van der Waals surface area contributed by atoms with Crippen LogP contribution in [-0.4, -0.2) is 29.2 Å². The standard InChI is InChI=1S/C20H23NO3S/c1-2-12-24-17-10-8-15(9-11-17)13-18-19(22)21(20(23)25-18)14-16-6-4-3-5-7-16/h2,8-11,13,16H,1,3-7,12,14H2/b18-13+. The average Bonchev–Trinajstić information content (AvgIpc) is 2.89. The Hall–Kier alpha value is -2.01. The van der Waals surface area contributed by atoms with Crippen LogP contribution >= 0.6 is 11.8 Å². The van der Waals surface area contributed by atoms with Crippen molar-refractivity contribution in [3.05, 3.63) is 47.4 Å². The number of nitrogens with zero attached hydrogens (tertiary/aromatic N) is 1. The first-order chi connectivity index (χ1) is 12.2. The topological polar surface area (TPSA) is 46.6 Å². The minimum Gasteiger partial charge on any atom is -0.490 e. The number of amides is 2. The Morgan fingerprint density at radius 3 is 2.56 bits per heavy atom. The molecule has 1 aliphatic carbocycles. The molecule has 2 fully saturated rings. The van der Waals surface area contributed by atoms with Gasteiger partial charge in [0.15, 0.2) is 0 Å². The summed E-state index contributed by atoms with van der Waals surface area (Å²) in [6, 6.07) is 7.46. The van der Waals surface area contributed by atoms with E-state index in [0.717, 1.165) is 35.9 Å².